The van der Waals surface area contributed by atoms with Gasteiger partial charge >= 0.3 is 0 Å². The van der Waals surface area contributed by atoms with Crippen LogP contribution in [0.1, 0.15) is 43.2 Å². The van der Waals surface area contributed by atoms with Crippen LogP contribution in [-0.4, -0.2) is 31.7 Å². The number of aryl methyl sites for hydroxylation is 2. The van der Waals surface area contributed by atoms with Crippen molar-refractivity contribution in [1.29, 1.82) is 0 Å². The van der Waals surface area contributed by atoms with Gasteiger partial charge in [0.1, 0.15) is 0 Å². The average molecular weight is 372 g/mol. The van der Waals surface area contributed by atoms with Gasteiger partial charge in [-0.3, -0.25) is 4.72 Å². The molecule has 1 aliphatic heterocycles. The molecule has 0 bridgehead atoms. The van der Waals surface area contributed by atoms with Crippen LogP contribution in [0.2, 0.25) is 0 Å². The molecule has 1 saturated heterocycles. The Morgan fingerprint density at radius 1 is 0.846 bits per heavy atom. The van der Waals surface area contributed by atoms with Gasteiger partial charge in [0.2, 0.25) is 0 Å². The Hall–Kier alpha value is -2.15. The lowest BCUT2D eigenvalue weighted by Crippen LogP contribution is -2.30. The van der Waals surface area contributed by atoms with Crippen LogP contribution in [0.5, 0.6) is 0 Å². The molecule has 1 aromatic heterocycles. The number of nitrogens with one attached hydrogen (secondary N) is 1. The van der Waals surface area contributed by atoms with Crippen LogP contribution >= 0.6 is 0 Å². The smallest absolute Gasteiger partial charge is 0.263 e. The first-order valence-corrected chi connectivity index (χ1v) is 10.8. The second-order valence-corrected chi connectivity index (χ2v) is 8.75. The summed E-state index contributed by atoms with van der Waals surface area (Å²) >= 11 is 0. The van der Waals surface area contributed by atoms with E-state index in [9.17, 15) is 8.42 Å². The lowest BCUT2D eigenvalue weighted by molar-refractivity contribution is 0.571. The first kappa shape index (κ1) is 17.3. The first-order chi connectivity index (χ1) is 12.6. The van der Waals surface area contributed by atoms with E-state index >= 15 is 0 Å². The zero-order valence-electron chi connectivity index (χ0n) is 14.8. The van der Waals surface area contributed by atoms with Gasteiger partial charge in [0.15, 0.2) is 11.6 Å². The Balaban J connectivity index is 1.50. The molecule has 0 radical (unpaired) electrons. The Bertz CT molecular complexity index is 875. The molecule has 2 heterocycles. The maximum absolute atomic E-state index is 12.7. The van der Waals surface area contributed by atoms with E-state index in [1.54, 1.807) is 18.2 Å². The third-order valence-electron chi connectivity index (χ3n) is 5.20. The molecule has 1 aliphatic carbocycles. The minimum absolute atomic E-state index is 0.253. The second kappa shape index (κ2) is 7.23. The van der Waals surface area contributed by atoms with Crippen molar-refractivity contribution in [3.63, 3.8) is 0 Å². The summed E-state index contributed by atoms with van der Waals surface area (Å²) in [6, 6.07) is 8.94. The van der Waals surface area contributed by atoms with Crippen molar-refractivity contribution >= 4 is 21.7 Å². The van der Waals surface area contributed by atoms with Crippen molar-refractivity contribution in [2.24, 2.45) is 0 Å². The number of aromatic nitrogens is 2. The first-order valence-electron chi connectivity index (χ1n) is 9.35. The number of hydrogen-bond donors (Lipinski definition) is 1. The molecule has 26 heavy (non-hydrogen) atoms. The molecule has 0 atom stereocenters. The van der Waals surface area contributed by atoms with Gasteiger partial charge in [0.25, 0.3) is 10.0 Å². The van der Waals surface area contributed by atoms with E-state index in [0.29, 0.717) is 4.90 Å². The molecular formula is C19H24N4O2S. The van der Waals surface area contributed by atoms with Crippen molar-refractivity contribution in [2.45, 2.75) is 49.8 Å². The van der Waals surface area contributed by atoms with Crippen LogP contribution in [0.3, 0.4) is 0 Å². The summed E-state index contributed by atoms with van der Waals surface area (Å²) in [7, 11) is -3.65. The number of sulfonamides is 1. The van der Waals surface area contributed by atoms with Crippen LogP contribution in [0, 0.1) is 0 Å². The van der Waals surface area contributed by atoms with Crippen LogP contribution in [0.15, 0.2) is 35.2 Å². The van der Waals surface area contributed by atoms with Crippen LogP contribution in [0.25, 0.3) is 0 Å². The van der Waals surface area contributed by atoms with Crippen molar-refractivity contribution in [3.8, 4) is 0 Å². The summed E-state index contributed by atoms with van der Waals surface area (Å²) in [6.45, 7) is 1.96. The molecule has 1 N–H and O–H groups in total. The summed E-state index contributed by atoms with van der Waals surface area (Å²) in [5.41, 5.74) is 2.41. The summed E-state index contributed by atoms with van der Waals surface area (Å²) < 4.78 is 27.9. The third kappa shape index (κ3) is 3.67. The van der Waals surface area contributed by atoms with E-state index < -0.39 is 10.0 Å². The van der Waals surface area contributed by atoms with Gasteiger partial charge in [0, 0.05) is 13.1 Å². The molecule has 138 valence electrons. The molecule has 0 spiro atoms. The highest BCUT2D eigenvalue weighted by atomic mass is 32.2. The molecule has 0 amide bonds. The monoisotopic (exact) mass is 372 g/mol. The lowest BCUT2D eigenvalue weighted by Gasteiger charge is -2.27. The SMILES string of the molecule is O=S(=O)(Nc1ccc(N2CCCCC2)nn1)c1ccc2c(c1)CCCC2. The molecule has 1 fully saturated rings. The van der Waals surface area contributed by atoms with Crippen molar-refractivity contribution in [1.82, 2.24) is 10.2 Å². The van der Waals surface area contributed by atoms with Gasteiger partial charge < -0.3 is 4.90 Å². The maximum Gasteiger partial charge on any atom is 0.263 e. The van der Waals surface area contributed by atoms with Gasteiger partial charge in [-0.25, -0.2) is 8.42 Å². The number of piperidine rings is 1. The molecule has 0 unspecified atom stereocenters. The summed E-state index contributed by atoms with van der Waals surface area (Å²) in [5, 5.41) is 8.27. The van der Waals surface area contributed by atoms with E-state index in [2.05, 4.69) is 19.8 Å². The van der Waals surface area contributed by atoms with Crippen LogP contribution < -0.4 is 9.62 Å². The number of hydrogen-bond acceptors (Lipinski definition) is 5. The van der Waals surface area contributed by atoms with E-state index in [1.165, 1.54) is 18.4 Å². The molecule has 1 aromatic carbocycles. The topological polar surface area (TPSA) is 75.2 Å². The third-order valence-corrected chi connectivity index (χ3v) is 6.55. The van der Waals surface area contributed by atoms with E-state index in [1.807, 2.05) is 12.1 Å². The van der Waals surface area contributed by atoms with E-state index in [0.717, 1.165) is 56.6 Å². The number of rotatable bonds is 4. The second-order valence-electron chi connectivity index (χ2n) is 7.07. The van der Waals surface area contributed by atoms with Crippen molar-refractivity contribution in [3.05, 3.63) is 41.5 Å². The normalized spacial score (nSPS) is 17.6. The number of fused-ring (bicyclic) bond motifs is 1. The van der Waals surface area contributed by atoms with Gasteiger partial charge in [-0.05, 0) is 80.3 Å². The standard InChI is InChI=1S/C19H24N4O2S/c24-26(25,17-9-8-15-6-2-3-7-16(15)14-17)22-18-10-11-19(21-20-18)23-12-4-1-5-13-23/h8-11,14H,1-7,12-13H2,(H,20,22). The number of nitrogens with zero attached hydrogens (tertiary/aromatic N) is 3. The van der Waals surface area contributed by atoms with E-state index in [4.69, 9.17) is 0 Å². The van der Waals surface area contributed by atoms with Gasteiger partial charge in [0.05, 0.1) is 4.90 Å². The largest absolute Gasteiger partial charge is 0.355 e. The fourth-order valence-electron chi connectivity index (χ4n) is 3.74. The van der Waals surface area contributed by atoms with Gasteiger partial charge in [-0.1, -0.05) is 6.07 Å². The molecule has 2 aromatic rings. The average Bonchev–Trinajstić information content (AvgIpc) is 2.68. The van der Waals surface area contributed by atoms with Crippen molar-refractivity contribution in [2.75, 3.05) is 22.7 Å². The van der Waals surface area contributed by atoms with Gasteiger partial charge in [-0.2, -0.15) is 0 Å². The molecular weight excluding hydrogens is 348 g/mol. The Labute approximate surface area is 154 Å². The molecule has 0 saturated carbocycles. The quantitative estimate of drug-likeness (QED) is 0.892. The van der Waals surface area contributed by atoms with Crippen LogP contribution in [-0.2, 0) is 22.9 Å². The van der Waals surface area contributed by atoms with E-state index in [-0.39, 0.29) is 5.82 Å². The minimum atomic E-state index is -3.65. The predicted molar refractivity (Wildman–Crippen MR) is 102 cm³/mol. The molecule has 2 aliphatic rings. The molecule has 7 heteroatoms. The summed E-state index contributed by atoms with van der Waals surface area (Å²) in [5.74, 6) is 1.06. The zero-order valence-corrected chi connectivity index (χ0v) is 15.6. The fraction of sp³-hybridized carbons (Fsp3) is 0.474. The Kier molecular flexibility index (Phi) is 4.80. The summed E-state index contributed by atoms with van der Waals surface area (Å²) in [6.07, 6.45) is 7.85. The van der Waals surface area contributed by atoms with Crippen molar-refractivity contribution < 1.29 is 8.42 Å². The zero-order chi connectivity index (χ0) is 18.0. The predicted octanol–water partition coefficient (Wildman–Crippen LogP) is 3.15. The Morgan fingerprint density at radius 2 is 1.62 bits per heavy atom. The molecule has 4 rings (SSSR count). The molecule has 6 nitrogen and oxygen atoms in total. The number of anilines is 2. The van der Waals surface area contributed by atoms with Gasteiger partial charge in [-0.15, -0.1) is 10.2 Å². The maximum atomic E-state index is 12.7. The summed E-state index contributed by atoms with van der Waals surface area (Å²) in [4.78, 5) is 2.48. The minimum Gasteiger partial charge on any atom is -0.355 e. The fourth-order valence-corrected chi connectivity index (χ4v) is 4.79. The number of benzene rings is 1. The highest BCUT2D eigenvalue weighted by Crippen LogP contribution is 2.25. The Morgan fingerprint density at radius 3 is 2.35 bits per heavy atom. The lowest BCUT2D eigenvalue weighted by atomic mass is 9.92. The highest BCUT2D eigenvalue weighted by molar-refractivity contribution is 7.92. The highest BCUT2D eigenvalue weighted by Gasteiger charge is 2.19. The van der Waals surface area contributed by atoms with Crippen LogP contribution in [0.4, 0.5) is 11.6 Å².